The van der Waals surface area contributed by atoms with E-state index in [1.165, 1.54) is 16.7 Å². The third-order valence-electron chi connectivity index (χ3n) is 2.61. The van der Waals surface area contributed by atoms with Gasteiger partial charge in [-0.3, -0.25) is 0 Å². The minimum Gasteiger partial charge on any atom is -0.364 e. The molecule has 56 valence electrons. The van der Waals surface area contributed by atoms with Gasteiger partial charge in [0.2, 0.25) is 0 Å². The van der Waals surface area contributed by atoms with Gasteiger partial charge in [-0.15, -0.1) is 0 Å². The Hall–Kier alpha value is -0.820. The fourth-order valence-electron chi connectivity index (χ4n) is 1.98. The second-order valence-corrected chi connectivity index (χ2v) is 3.50. The summed E-state index contributed by atoms with van der Waals surface area (Å²) in [5.74, 6) is 0. The Morgan fingerprint density at radius 2 is 2.36 bits per heavy atom. The maximum Gasteiger partial charge on any atom is 0.110 e. The van der Waals surface area contributed by atoms with Crippen LogP contribution in [0.15, 0.2) is 18.2 Å². The lowest BCUT2D eigenvalue weighted by atomic mass is 10.1. The summed E-state index contributed by atoms with van der Waals surface area (Å²) < 4.78 is 5.42. The highest BCUT2D eigenvalue weighted by Crippen LogP contribution is 2.48. The Morgan fingerprint density at radius 1 is 1.45 bits per heavy atom. The van der Waals surface area contributed by atoms with Crippen molar-refractivity contribution < 1.29 is 4.74 Å². The fourth-order valence-corrected chi connectivity index (χ4v) is 1.98. The third kappa shape index (κ3) is 0.690. The highest BCUT2D eigenvalue weighted by Gasteiger charge is 2.46. The fraction of sp³-hybridized carbons (Fsp3) is 0.400. The van der Waals surface area contributed by atoms with E-state index in [2.05, 4.69) is 25.1 Å². The first-order valence-electron chi connectivity index (χ1n) is 4.09. The van der Waals surface area contributed by atoms with Crippen molar-refractivity contribution in [2.24, 2.45) is 0 Å². The predicted octanol–water partition coefficient (Wildman–Crippen LogP) is 1.99. The summed E-state index contributed by atoms with van der Waals surface area (Å²) in [6, 6.07) is 6.66. The zero-order valence-corrected chi connectivity index (χ0v) is 6.50. The van der Waals surface area contributed by atoms with E-state index >= 15 is 0 Å². The molecule has 0 unspecified atom stereocenters. The summed E-state index contributed by atoms with van der Waals surface area (Å²) in [6.45, 7) is 2.14. The van der Waals surface area contributed by atoms with Crippen molar-refractivity contribution >= 4 is 0 Å². The minimum absolute atomic E-state index is 0.464. The van der Waals surface area contributed by atoms with Crippen molar-refractivity contribution in [3.05, 3.63) is 34.9 Å². The van der Waals surface area contributed by atoms with Gasteiger partial charge in [-0.2, -0.15) is 0 Å². The monoisotopic (exact) mass is 146 g/mol. The van der Waals surface area contributed by atoms with Crippen molar-refractivity contribution in [1.29, 1.82) is 0 Å². The summed E-state index contributed by atoms with van der Waals surface area (Å²) in [7, 11) is 0. The normalized spacial score (nSPS) is 31.4. The largest absolute Gasteiger partial charge is 0.364 e. The summed E-state index contributed by atoms with van der Waals surface area (Å²) in [4.78, 5) is 0. The molecule has 0 N–H and O–H groups in total. The highest BCUT2D eigenvalue weighted by atomic mass is 16.6. The lowest BCUT2D eigenvalue weighted by molar-refractivity contribution is 0.361. The summed E-state index contributed by atoms with van der Waals surface area (Å²) >= 11 is 0. The molecule has 0 amide bonds. The minimum atomic E-state index is 0.464. The van der Waals surface area contributed by atoms with Gasteiger partial charge in [0.05, 0.1) is 6.10 Å². The molecule has 1 aromatic carbocycles. The molecule has 0 aromatic heterocycles. The average molecular weight is 146 g/mol. The van der Waals surface area contributed by atoms with Crippen LogP contribution in [0, 0.1) is 6.92 Å². The molecule has 11 heavy (non-hydrogen) atoms. The second-order valence-electron chi connectivity index (χ2n) is 3.50. The van der Waals surface area contributed by atoms with Crippen LogP contribution in [0.2, 0.25) is 0 Å². The Kier molecular flexibility index (Phi) is 0.878. The molecule has 0 bridgehead atoms. The predicted molar refractivity (Wildman–Crippen MR) is 42.5 cm³/mol. The molecule has 1 heteroatoms. The Morgan fingerprint density at radius 3 is 3.27 bits per heavy atom. The Balaban J connectivity index is 2.18. The lowest BCUT2D eigenvalue weighted by Crippen LogP contribution is -1.89. The molecule has 2 atom stereocenters. The Bertz CT molecular complexity index is 317. The molecule has 1 fully saturated rings. The number of epoxide rings is 1. The molecule has 0 radical (unpaired) electrons. The molecular weight excluding hydrogens is 136 g/mol. The first-order chi connectivity index (χ1) is 5.34. The molecule has 1 nitrogen and oxygen atoms in total. The van der Waals surface area contributed by atoms with E-state index in [9.17, 15) is 0 Å². The molecule has 2 aliphatic rings. The molecule has 0 spiro atoms. The second kappa shape index (κ2) is 1.67. The summed E-state index contributed by atoms with van der Waals surface area (Å²) in [5, 5.41) is 0. The van der Waals surface area contributed by atoms with Crippen LogP contribution in [0.1, 0.15) is 22.8 Å². The van der Waals surface area contributed by atoms with Crippen molar-refractivity contribution in [3.8, 4) is 0 Å². The average Bonchev–Trinajstić information content (AvgIpc) is 2.63. The van der Waals surface area contributed by atoms with Gasteiger partial charge in [-0.1, -0.05) is 23.8 Å². The van der Waals surface area contributed by atoms with Crippen LogP contribution in [-0.4, -0.2) is 6.10 Å². The van der Waals surface area contributed by atoms with E-state index in [4.69, 9.17) is 4.74 Å². The van der Waals surface area contributed by atoms with Crippen LogP contribution in [0.4, 0.5) is 0 Å². The molecule has 1 aromatic rings. The maximum atomic E-state index is 5.42. The van der Waals surface area contributed by atoms with Crippen LogP contribution in [0.5, 0.6) is 0 Å². The molecule has 1 heterocycles. The number of hydrogen-bond acceptors (Lipinski definition) is 1. The maximum absolute atomic E-state index is 5.42. The van der Waals surface area contributed by atoms with Gasteiger partial charge in [0.25, 0.3) is 0 Å². The number of rotatable bonds is 0. The molecule has 3 rings (SSSR count). The summed E-state index contributed by atoms with van der Waals surface area (Å²) in [5.41, 5.74) is 4.30. The van der Waals surface area contributed by atoms with Crippen molar-refractivity contribution in [2.45, 2.75) is 25.6 Å². The first-order valence-corrected chi connectivity index (χ1v) is 4.09. The van der Waals surface area contributed by atoms with Crippen LogP contribution in [-0.2, 0) is 11.2 Å². The number of fused-ring (bicyclic) bond motifs is 3. The van der Waals surface area contributed by atoms with Gasteiger partial charge >= 0.3 is 0 Å². The molecule has 1 aliphatic heterocycles. The van der Waals surface area contributed by atoms with Crippen molar-refractivity contribution in [2.75, 3.05) is 0 Å². The Labute approximate surface area is 66.0 Å². The van der Waals surface area contributed by atoms with Crippen LogP contribution in [0.25, 0.3) is 0 Å². The van der Waals surface area contributed by atoms with E-state index in [1.54, 1.807) is 0 Å². The number of hydrogen-bond donors (Lipinski definition) is 0. The summed E-state index contributed by atoms with van der Waals surface area (Å²) in [6.07, 6.45) is 2.14. The standard InChI is InChI=1S/C10H10O/c1-6-2-3-8-7(4-6)5-9-10(8)11-9/h2-4,9-10H,5H2,1H3/t9-,10+/m1/s1. The van der Waals surface area contributed by atoms with Crippen LogP contribution >= 0.6 is 0 Å². The van der Waals surface area contributed by atoms with Gasteiger partial charge in [-0.05, 0) is 18.1 Å². The molecule has 1 aliphatic carbocycles. The van der Waals surface area contributed by atoms with Gasteiger partial charge in [0, 0.05) is 6.42 Å². The first kappa shape index (κ1) is 5.78. The van der Waals surface area contributed by atoms with Crippen LogP contribution in [0.3, 0.4) is 0 Å². The highest BCUT2D eigenvalue weighted by molar-refractivity contribution is 5.41. The lowest BCUT2D eigenvalue weighted by Gasteiger charge is -2.01. The number of ether oxygens (including phenoxy) is 1. The SMILES string of the molecule is Cc1ccc2c(c1)C[C@H]1O[C@@H]21. The zero-order valence-electron chi connectivity index (χ0n) is 6.50. The van der Waals surface area contributed by atoms with Crippen molar-refractivity contribution in [3.63, 3.8) is 0 Å². The van der Waals surface area contributed by atoms with Gasteiger partial charge < -0.3 is 4.74 Å². The number of benzene rings is 1. The van der Waals surface area contributed by atoms with Crippen LogP contribution < -0.4 is 0 Å². The van der Waals surface area contributed by atoms with Gasteiger partial charge in [0.15, 0.2) is 0 Å². The van der Waals surface area contributed by atoms with E-state index < -0.39 is 0 Å². The van der Waals surface area contributed by atoms with E-state index in [0.29, 0.717) is 12.2 Å². The van der Waals surface area contributed by atoms with Gasteiger partial charge in [0.1, 0.15) is 6.10 Å². The molecule has 1 saturated heterocycles. The zero-order chi connectivity index (χ0) is 7.42. The molecule has 0 saturated carbocycles. The van der Waals surface area contributed by atoms with Crippen molar-refractivity contribution in [1.82, 2.24) is 0 Å². The van der Waals surface area contributed by atoms with E-state index in [0.717, 1.165) is 6.42 Å². The topological polar surface area (TPSA) is 12.5 Å². The smallest absolute Gasteiger partial charge is 0.110 e. The van der Waals surface area contributed by atoms with E-state index in [1.807, 2.05) is 0 Å². The van der Waals surface area contributed by atoms with Gasteiger partial charge in [-0.25, -0.2) is 0 Å². The quantitative estimate of drug-likeness (QED) is 0.510. The molecular formula is C10H10O. The van der Waals surface area contributed by atoms with E-state index in [-0.39, 0.29) is 0 Å². The third-order valence-corrected chi connectivity index (χ3v) is 2.61. The number of aryl methyl sites for hydroxylation is 1.